The number of carbonyl (C=O) groups is 1. The maximum Gasteiger partial charge on any atom is 0.221 e. The molecule has 1 aromatic rings. The van der Waals surface area contributed by atoms with Crippen molar-refractivity contribution in [1.29, 1.82) is 0 Å². The third-order valence-corrected chi connectivity index (χ3v) is 2.82. The number of rotatable bonds is 4. The number of thiol groups is 1. The van der Waals surface area contributed by atoms with Crippen molar-refractivity contribution in [2.45, 2.75) is 19.9 Å². The number of hydrogen-bond acceptors (Lipinski definition) is 3. The minimum Gasteiger partial charge on any atom is -0.351 e. The number of thiophene rings is 1. The van der Waals surface area contributed by atoms with E-state index in [0.29, 0.717) is 18.7 Å². The van der Waals surface area contributed by atoms with Gasteiger partial charge in [0.15, 0.2) is 0 Å². The third-order valence-electron chi connectivity index (χ3n) is 1.59. The first-order valence-corrected chi connectivity index (χ1v) is 5.60. The predicted octanol–water partition coefficient (Wildman–Crippen LogP) is 1.99. The maximum atomic E-state index is 11.1. The van der Waals surface area contributed by atoms with Gasteiger partial charge in [0.1, 0.15) is 0 Å². The number of hydrogen-bond donors (Lipinski definition) is 2. The standard InChI is InChI=1S/C9H13NOS2/c1-7-2-3-8(13-7)6-10-9(11)4-5-12/h2-3,12H,4-6H2,1H3,(H,10,11). The van der Waals surface area contributed by atoms with Gasteiger partial charge in [-0.2, -0.15) is 12.6 Å². The summed E-state index contributed by atoms with van der Waals surface area (Å²) in [6.45, 7) is 2.70. The van der Waals surface area contributed by atoms with E-state index in [1.165, 1.54) is 9.75 Å². The van der Waals surface area contributed by atoms with Crippen molar-refractivity contribution in [1.82, 2.24) is 5.32 Å². The Kier molecular flexibility index (Phi) is 4.32. The molecule has 2 nitrogen and oxygen atoms in total. The monoisotopic (exact) mass is 215 g/mol. The summed E-state index contributed by atoms with van der Waals surface area (Å²) in [6.07, 6.45) is 0.494. The molecule has 0 aliphatic carbocycles. The Balaban J connectivity index is 2.30. The molecule has 1 amide bonds. The van der Waals surface area contributed by atoms with Crippen molar-refractivity contribution >= 4 is 29.9 Å². The van der Waals surface area contributed by atoms with E-state index < -0.39 is 0 Å². The molecule has 1 N–H and O–H groups in total. The van der Waals surface area contributed by atoms with Gasteiger partial charge in [-0.1, -0.05) is 0 Å². The Bertz CT molecular complexity index is 283. The highest BCUT2D eigenvalue weighted by Gasteiger charge is 2.00. The Morgan fingerprint density at radius 2 is 2.38 bits per heavy atom. The van der Waals surface area contributed by atoms with Crippen LogP contribution in [0.4, 0.5) is 0 Å². The zero-order valence-electron chi connectivity index (χ0n) is 7.54. The molecule has 0 radical (unpaired) electrons. The molecule has 0 unspecified atom stereocenters. The Morgan fingerprint density at radius 3 is 2.92 bits per heavy atom. The van der Waals surface area contributed by atoms with E-state index in [-0.39, 0.29) is 5.91 Å². The Labute approximate surface area is 87.8 Å². The van der Waals surface area contributed by atoms with Gasteiger partial charge in [0.05, 0.1) is 6.54 Å². The second-order valence-electron chi connectivity index (χ2n) is 2.76. The van der Waals surface area contributed by atoms with Crippen molar-refractivity contribution in [3.63, 3.8) is 0 Å². The van der Waals surface area contributed by atoms with Gasteiger partial charge in [0.2, 0.25) is 5.91 Å². The second-order valence-corrected chi connectivity index (χ2v) is 4.58. The lowest BCUT2D eigenvalue weighted by atomic mass is 10.4. The quantitative estimate of drug-likeness (QED) is 0.739. The molecule has 0 atom stereocenters. The normalized spacial score (nSPS) is 10.0. The number of carbonyl (C=O) groups excluding carboxylic acids is 1. The van der Waals surface area contributed by atoms with Crippen LogP contribution in [-0.2, 0) is 11.3 Å². The molecule has 0 saturated heterocycles. The smallest absolute Gasteiger partial charge is 0.221 e. The minimum atomic E-state index is 0.0704. The topological polar surface area (TPSA) is 29.1 Å². The average molecular weight is 215 g/mol. The van der Waals surface area contributed by atoms with Crippen LogP contribution in [0.25, 0.3) is 0 Å². The van der Waals surface area contributed by atoms with Crippen LogP contribution in [-0.4, -0.2) is 11.7 Å². The molecule has 0 aromatic carbocycles. The van der Waals surface area contributed by atoms with Crippen LogP contribution in [0.2, 0.25) is 0 Å². The lowest BCUT2D eigenvalue weighted by molar-refractivity contribution is -0.120. The molecule has 0 saturated carbocycles. The molecular weight excluding hydrogens is 202 g/mol. The molecule has 0 aliphatic heterocycles. The van der Waals surface area contributed by atoms with Crippen molar-refractivity contribution in [2.75, 3.05) is 5.75 Å². The predicted molar refractivity (Wildman–Crippen MR) is 59.4 cm³/mol. The van der Waals surface area contributed by atoms with E-state index in [0.717, 1.165) is 0 Å². The molecule has 1 rings (SSSR count). The van der Waals surface area contributed by atoms with Crippen LogP contribution in [0, 0.1) is 6.92 Å². The van der Waals surface area contributed by atoms with E-state index in [1.807, 2.05) is 6.07 Å². The van der Waals surface area contributed by atoms with Gasteiger partial charge in [-0.15, -0.1) is 11.3 Å². The van der Waals surface area contributed by atoms with E-state index in [9.17, 15) is 4.79 Å². The lowest BCUT2D eigenvalue weighted by Gasteiger charge is -2.00. The van der Waals surface area contributed by atoms with E-state index in [2.05, 4.69) is 30.9 Å². The number of amides is 1. The van der Waals surface area contributed by atoms with Crippen molar-refractivity contribution in [3.05, 3.63) is 21.9 Å². The van der Waals surface area contributed by atoms with Gasteiger partial charge in [0, 0.05) is 16.2 Å². The Hall–Kier alpha value is -0.480. The van der Waals surface area contributed by atoms with Gasteiger partial charge >= 0.3 is 0 Å². The van der Waals surface area contributed by atoms with Crippen LogP contribution >= 0.6 is 24.0 Å². The second kappa shape index (κ2) is 5.29. The van der Waals surface area contributed by atoms with Gasteiger partial charge in [0.25, 0.3) is 0 Å². The van der Waals surface area contributed by atoms with E-state index in [4.69, 9.17) is 0 Å². The highest BCUT2D eigenvalue weighted by atomic mass is 32.1. The number of nitrogens with one attached hydrogen (secondary N) is 1. The Morgan fingerprint density at radius 1 is 1.62 bits per heavy atom. The summed E-state index contributed by atoms with van der Waals surface area (Å²) in [5, 5.41) is 2.84. The molecule has 0 bridgehead atoms. The lowest BCUT2D eigenvalue weighted by Crippen LogP contribution is -2.22. The summed E-state index contributed by atoms with van der Waals surface area (Å²) in [7, 11) is 0. The maximum absolute atomic E-state index is 11.1. The van der Waals surface area contributed by atoms with Gasteiger partial charge in [-0.3, -0.25) is 4.79 Å². The summed E-state index contributed by atoms with van der Waals surface area (Å²) in [4.78, 5) is 13.5. The summed E-state index contributed by atoms with van der Waals surface area (Å²) >= 11 is 5.70. The van der Waals surface area contributed by atoms with Gasteiger partial charge in [-0.05, 0) is 24.8 Å². The van der Waals surface area contributed by atoms with Crippen molar-refractivity contribution in [3.8, 4) is 0 Å². The minimum absolute atomic E-state index is 0.0704. The molecule has 0 aliphatic rings. The summed E-state index contributed by atoms with van der Waals surface area (Å²) in [5.74, 6) is 0.677. The fraction of sp³-hybridized carbons (Fsp3) is 0.444. The van der Waals surface area contributed by atoms with Crippen molar-refractivity contribution < 1.29 is 4.79 Å². The molecule has 72 valence electrons. The molecule has 4 heteroatoms. The zero-order chi connectivity index (χ0) is 9.68. The fourth-order valence-corrected chi connectivity index (χ4v) is 1.99. The zero-order valence-corrected chi connectivity index (χ0v) is 9.25. The molecule has 13 heavy (non-hydrogen) atoms. The molecule has 0 fully saturated rings. The van der Waals surface area contributed by atoms with Crippen molar-refractivity contribution in [2.24, 2.45) is 0 Å². The van der Waals surface area contributed by atoms with Gasteiger partial charge < -0.3 is 5.32 Å². The summed E-state index contributed by atoms with van der Waals surface area (Å²) in [6, 6.07) is 4.10. The summed E-state index contributed by atoms with van der Waals surface area (Å²) < 4.78 is 0. The molecule has 1 heterocycles. The van der Waals surface area contributed by atoms with Crippen LogP contribution in [0.3, 0.4) is 0 Å². The van der Waals surface area contributed by atoms with E-state index in [1.54, 1.807) is 11.3 Å². The highest BCUT2D eigenvalue weighted by molar-refractivity contribution is 7.80. The first-order chi connectivity index (χ1) is 6.22. The van der Waals surface area contributed by atoms with Crippen LogP contribution < -0.4 is 5.32 Å². The SMILES string of the molecule is Cc1ccc(CNC(=O)CCS)s1. The molecule has 1 aromatic heterocycles. The number of aryl methyl sites for hydroxylation is 1. The average Bonchev–Trinajstić information content (AvgIpc) is 2.49. The van der Waals surface area contributed by atoms with E-state index >= 15 is 0 Å². The first-order valence-electron chi connectivity index (χ1n) is 4.15. The fourth-order valence-electron chi connectivity index (χ4n) is 0.956. The van der Waals surface area contributed by atoms with Gasteiger partial charge in [-0.25, -0.2) is 0 Å². The van der Waals surface area contributed by atoms with Crippen LogP contribution in [0.15, 0.2) is 12.1 Å². The third kappa shape index (κ3) is 3.83. The molecule has 0 spiro atoms. The molecular formula is C9H13NOS2. The summed E-state index contributed by atoms with van der Waals surface area (Å²) in [5.41, 5.74) is 0. The van der Waals surface area contributed by atoms with Crippen LogP contribution in [0.5, 0.6) is 0 Å². The van der Waals surface area contributed by atoms with Crippen LogP contribution in [0.1, 0.15) is 16.2 Å². The largest absolute Gasteiger partial charge is 0.351 e. The highest BCUT2D eigenvalue weighted by Crippen LogP contribution is 2.14. The first kappa shape index (κ1) is 10.6.